The Labute approximate surface area is 173 Å². The van der Waals surface area contributed by atoms with Crippen molar-refractivity contribution in [3.63, 3.8) is 0 Å². The first-order valence-corrected chi connectivity index (χ1v) is 10.3. The highest BCUT2D eigenvalue weighted by molar-refractivity contribution is 5.99. The van der Waals surface area contributed by atoms with E-state index < -0.39 is 0 Å². The Hall–Kier alpha value is -3.74. The van der Waals surface area contributed by atoms with Crippen LogP contribution in [-0.2, 0) is 0 Å². The van der Waals surface area contributed by atoms with Crippen LogP contribution in [0.4, 0.5) is 5.69 Å². The van der Waals surface area contributed by atoms with Gasteiger partial charge in [-0.1, -0.05) is 6.07 Å². The highest BCUT2D eigenvalue weighted by Gasteiger charge is 2.18. The molecule has 1 aliphatic rings. The van der Waals surface area contributed by atoms with Crippen LogP contribution in [0, 0.1) is 0 Å². The van der Waals surface area contributed by atoms with E-state index in [1.165, 1.54) is 30.3 Å². The van der Waals surface area contributed by atoms with Gasteiger partial charge in [0, 0.05) is 53.6 Å². The molecule has 0 aliphatic carbocycles. The molecular weight excluding hydrogens is 374 g/mol. The molecule has 6 heterocycles. The van der Waals surface area contributed by atoms with Gasteiger partial charge in [0.1, 0.15) is 0 Å². The summed E-state index contributed by atoms with van der Waals surface area (Å²) in [6.07, 6.45) is 13.1. The second kappa shape index (κ2) is 6.95. The minimum Gasteiger partial charge on any atom is -0.370 e. The quantitative estimate of drug-likeness (QED) is 0.468. The van der Waals surface area contributed by atoms with Crippen molar-refractivity contribution in [1.82, 2.24) is 30.1 Å². The van der Waals surface area contributed by atoms with Crippen LogP contribution in [-0.4, -0.2) is 43.2 Å². The normalized spacial score (nSPS) is 14.6. The zero-order chi connectivity index (χ0) is 19.9. The summed E-state index contributed by atoms with van der Waals surface area (Å²) in [4.78, 5) is 19.2. The van der Waals surface area contributed by atoms with Crippen molar-refractivity contribution in [3.8, 4) is 22.5 Å². The van der Waals surface area contributed by atoms with Crippen LogP contribution >= 0.6 is 0 Å². The van der Waals surface area contributed by atoms with Crippen molar-refractivity contribution >= 4 is 27.6 Å². The zero-order valence-corrected chi connectivity index (χ0v) is 16.5. The number of H-pyrrole nitrogens is 2. The van der Waals surface area contributed by atoms with Gasteiger partial charge in [-0.05, 0) is 37.5 Å². The van der Waals surface area contributed by atoms with Gasteiger partial charge < -0.3 is 9.88 Å². The van der Waals surface area contributed by atoms with E-state index >= 15 is 0 Å². The predicted octanol–water partition coefficient (Wildman–Crippen LogP) is 4.55. The van der Waals surface area contributed by atoms with E-state index in [1.54, 1.807) is 6.20 Å². The third-order valence-electron chi connectivity index (χ3n) is 5.90. The monoisotopic (exact) mass is 395 g/mol. The molecule has 5 aromatic heterocycles. The number of hydrogen-bond donors (Lipinski definition) is 2. The van der Waals surface area contributed by atoms with Gasteiger partial charge in [0.2, 0.25) is 0 Å². The van der Waals surface area contributed by atoms with Gasteiger partial charge in [0.25, 0.3) is 0 Å². The number of fused-ring (bicyclic) bond motifs is 2. The molecule has 7 nitrogen and oxygen atoms in total. The second-order valence-electron chi connectivity index (χ2n) is 7.79. The van der Waals surface area contributed by atoms with Gasteiger partial charge in [0.05, 0.1) is 35.0 Å². The predicted molar refractivity (Wildman–Crippen MR) is 118 cm³/mol. The molecule has 2 N–H and O–H groups in total. The number of pyridine rings is 3. The Bertz CT molecular complexity index is 1330. The number of aromatic amines is 2. The largest absolute Gasteiger partial charge is 0.370 e. The van der Waals surface area contributed by atoms with Crippen LogP contribution in [0.5, 0.6) is 0 Å². The van der Waals surface area contributed by atoms with Crippen LogP contribution in [0.1, 0.15) is 19.3 Å². The zero-order valence-electron chi connectivity index (χ0n) is 16.5. The summed E-state index contributed by atoms with van der Waals surface area (Å²) >= 11 is 0. The summed E-state index contributed by atoms with van der Waals surface area (Å²) < 4.78 is 0. The molecule has 1 aliphatic heterocycles. The Morgan fingerprint density at radius 2 is 1.80 bits per heavy atom. The number of piperidine rings is 1. The lowest BCUT2D eigenvalue weighted by Crippen LogP contribution is -2.29. The van der Waals surface area contributed by atoms with Gasteiger partial charge >= 0.3 is 0 Å². The van der Waals surface area contributed by atoms with Crippen molar-refractivity contribution in [2.24, 2.45) is 0 Å². The van der Waals surface area contributed by atoms with Crippen molar-refractivity contribution < 1.29 is 0 Å². The summed E-state index contributed by atoms with van der Waals surface area (Å²) in [5.41, 5.74) is 6.91. The maximum atomic E-state index is 4.54. The fourth-order valence-corrected chi connectivity index (χ4v) is 4.35. The van der Waals surface area contributed by atoms with E-state index in [2.05, 4.69) is 47.2 Å². The summed E-state index contributed by atoms with van der Waals surface area (Å²) in [6.45, 7) is 2.18. The number of nitrogens with one attached hydrogen (secondary N) is 2. The number of anilines is 1. The van der Waals surface area contributed by atoms with E-state index in [4.69, 9.17) is 0 Å². The maximum Gasteiger partial charge on any atom is 0.181 e. The first kappa shape index (κ1) is 17.1. The molecule has 0 saturated carbocycles. The molecule has 30 heavy (non-hydrogen) atoms. The molecule has 7 heteroatoms. The Balaban J connectivity index is 1.47. The topological polar surface area (TPSA) is 86.4 Å². The molecule has 0 bridgehead atoms. The lowest BCUT2D eigenvalue weighted by atomic mass is 10.1. The maximum absolute atomic E-state index is 4.54. The smallest absolute Gasteiger partial charge is 0.181 e. The standard InChI is InChI=1S/C23H21N7/c1-2-7-30(8-3-1)21-14-25-13-20-17(21)10-19(27-20)22-18-9-16(12-26-23(18)29-28-22)15-5-4-6-24-11-15/h4-6,9-14,27H,1-3,7-8H2,(H,26,28,29). The van der Waals surface area contributed by atoms with Crippen LogP contribution in [0.15, 0.2) is 55.2 Å². The molecule has 1 saturated heterocycles. The fourth-order valence-electron chi connectivity index (χ4n) is 4.35. The number of hydrogen-bond acceptors (Lipinski definition) is 5. The van der Waals surface area contributed by atoms with Crippen molar-refractivity contribution in [2.45, 2.75) is 19.3 Å². The van der Waals surface area contributed by atoms with Gasteiger partial charge in [0.15, 0.2) is 5.65 Å². The molecule has 148 valence electrons. The molecule has 0 radical (unpaired) electrons. The van der Waals surface area contributed by atoms with Crippen molar-refractivity contribution in [3.05, 3.63) is 55.2 Å². The second-order valence-corrected chi connectivity index (χ2v) is 7.79. The van der Waals surface area contributed by atoms with E-state index in [0.717, 1.165) is 46.5 Å². The SMILES string of the molecule is c1cncc(-c2cnc3n[nH]c(-c4cc5c(N6CCCCC6)cncc5[nH]4)c3c2)c1. The van der Waals surface area contributed by atoms with Crippen LogP contribution in [0.3, 0.4) is 0 Å². The van der Waals surface area contributed by atoms with Crippen LogP contribution in [0.2, 0.25) is 0 Å². The first-order chi connectivity index (χ1) is 14.9. The fraction of sp³-hybridized carbons (Fsp3) is 0.217. The number of rotatable bonds is 3. The summed E-state index contributed by atoms with van der Waals surface area (Å²) in [7, 11) is 0. The molecule has 0 unspecified atom stereocenters. The number of aromatic nitrogens is 6. The molecule has 6 rings (SSSR count). The minimum absolute atomic E-state index is 0.700. The molecule has 0 amide bonds. The van der Waals surface area contributed by atoms with Gasteiger partial charge in [-0.2, -0.15) is 5.10 Å². The number of nitrogens with zero attached hydrogens (tertiary/aromatic N) is 5. The first-order valence-electron chi connectivity index (χ1n) is 10.3. The van der Waals surface area contributed by atoms with E-state index in [0.29, 0.717) is 5.65 Å². The van der Waals surface area contributed by atoms with E-state index in [-0.39, 0.29) is 0 Å². The van der Waals surface area contributed by atoms with E-state index in [1.807, 2.05) is 36.9 Å². The Kier molecular flexibility index (Phi) is 3.97. The highest BCUT2D eigenvalue weighted by Crippen LogP contribution is 2.34. The van der Waals surface area contributed by atoms with Gasteiger partial charge in [-0.25, -0.2) is 4.98 Å². The molecule has 0 atom stereocenters. The highest BCUT2D eigenvalue weighted by atomic mass is 15.2. The van der Waals surface area contributed by atoms with Gasteiger partial charge in [-0.15, -0.1) is 0 Å². The third-order valence-corrected chi connectivity index (χ3v) is 5.90. The molecule has 0 aromatic carbocycles. The lowest BCUT2D eigenvalue weighted by Gasteiger charge is -2.28. The lowest BCUT2D eigenvalue weighted by molar-refractivity contribution is 0.578. The molecule has 0 spiro atoms. The van der Waals surface area contributed by atoms with Gasteiger partial charge in [-0.3, -0.25) is 15.1 Å². The average Bonchev–Trinajstić information content (AvgIpc) is 3.43. The molecule has 5 aromatic rings. The summed E-state index contributed by atoms with van der Waals surface area (Å²) in [5, 5.41) is 9.77. The Morgan fingerprint density at radius 1 is 0.867 bits per heavy atom. The third kappa shape index (κ3) is 2.82. The molecule has 1 fully saturated rings. The van der Waals surface area contributed by atoms with E-state index in [9.17, 15) is 0 Å². The van der Waals surface area contributed by atoms with Crippen molar-refractivity contribution in [1.29, 1.82) is 0 Å². The summed E-state index contributed by atoms with van der Waals surface area (Å²) in [5.74, 6) is 0. The average molecular weight is 395 g/mol. The van der Waals surface area contributed by atoms with Crippen molar-refractivity contribution in [2.75, 3.05) is 18.0 Å². The Morgan fingerprint density at radius 3 is 2.67 bits per heavy atom. The molecular formula is C23H21N7. The minimum atomic E-state index is 0.700. The van der Waals surface area contributed by atoms with Crippen LogP contribution in [0.25, 0.3) is 44.5 Å². The van der Waals surface area contributed by atoms with Crippen LogP contribution < -0.4 is 4.90 Å². The summed E-state index contributed by atoms with van der Waals surface area (Å²) in [6, 6.07) is 8.29.